The van der Waals surface area contributed by atoms with Gasteiger partial charge in [0.1, 0.15) is 0 Å². The Hall–Kier alpha value is -0.810. The fraction of sp³-hybridized carbons (Fsp3) is 0.900. The van der Waals surface area contributed by atoms with Gasteiger partial charge in [0.25, 0.3) is 0 Å². The van der Waals surface area contributed by atoms with Crippen molar-refractivity contribution < 1.29 is 9.59 Å². The molecule has 2 unspecified atom stereocenters. The molecular formula is C20H36ClN3O2. The molecule has 3 aliphatic rings. The zero-order valence-corrected chi connectivity index (χ0v) is 16.8. The highest BCUT2D eigenvalue weighted by atomic mass is 35.5. The van der Waals surface area contributed by atoms with Crippen LogP contribution in [0.4, 0.5) is 0 Å². The minimum Gasteiger partial charge on any atom is -0.354 e. The lowest BCUT2D eigenvalue weighted by molar-refractivity contribution is -0.138. The number of amides is 2. The van der Waals surface area contributed by atoms with Gasteiger partial charge in [0.15, 0.2) is 0 Å². The van der Waals surface area contributed by atoms with Crippen LogP contribution in [-0.2, 0) is 9.59 Å². The predicted molar refractivity (Wildman–Crippen MR) is 106 cm³/mol. The van der Waals surface area contributed by atoms with E-state index < -0.39 is 0 Å². The summed E-state index contributed by atoms with van der Waals surface area (Å²) in [5.41, 5.74) is 0. The number of hydrogen-bond acceptors (Lipinski definition) is 3. The molecule has 1 aliphatic carbocycles. The van der Waals surface area contributed by atoms with E-state index in [1.807, 2.05) is 0 Å². The molecule has 2 atom stereocenters. The van der Waals surface area contributed by atoms with E-state index in [9.17, 15) is 9.59 Å². The van der Waals surface area contributed by atoms with Gasteiger partial charge in [-0.15, -0.1) is 12.4 Å². The van der Waals surface area contributed by atoms with E-state index in [2.05, 4.69) is 15.5 Å². The molecule has 0 aromatic rings. The van der Waals surface area contributed by atoms with Gasteiger partial charge in [-0.1, -0.05) is 32.1 Å². The average Bonchev–Trinajstić information content (AvgIpc) is 3.14. The van der Waals surface area contributed by atoms with Crippen molar-refractivity contribution in [3.05, 3.63) is 0 Å². The number of nitrogens with one attached hydrogen (secondary N) is 2. The van der Waals surface area contributed by atoms with Gasteiger partial charge in [-0.05, 0) is 51.0 Å². The summed E-state index contributed by atoms with van der Waals surface area (Å²) < 4.78 is 0. The van der Waals surface area contributed by atoms with Gasteiger partial charge in [0.05, 0.1) is 6.04 Å². The number of carbonyl (C=O) groups is 2. The zero-order chi connectivity index (χ0) is 17.5. The fourth-order valence-electron chi connectivity index (χ4n) is 4.67. The average molecular weight is 386 g/mol. The minimum absolute atomic E-state index is 0. The van der Waals surface area contributed by atoms with Crippen molar-refractivity contribution in [1.82, 2.24) is 15.5 Å². The molecule has 2 amide bonds. The van der Waals surface area contributed by atoms with Gasteiger partial charge in [-0.3, -0.25) is 9.59 Å². The predicted octanol–water partition coefficient (Wildman–Crippen LogP) is 2.88. The molecule has 2 N–H and O–H groups in total. The summed E-state index contributed by atoms with van der Waals surface area (Å²) >= 11 is 0. The molecule has 0 aromatic heterocycles. The smallest absolute Gasteiger partial charge is 0.237 e. The van der Waals surface area contributed by atoms with Crippen LogP contribution in [0.2, 0.25) is 0 Å². The normalized spacial score (nSPS) is 27.9. The number of likely N-dealkylation sites (tertiary alicyclic amines) is 1. The maximum atomic E-state index is 12.9. The van der Waals surface area contributed by atoms with Crippen LogP contribution in [0.15, 0.2) is 0 Å². The Labute approximate surface area is 164 Å². The van der Waals surface area contributed by atoms with E-state index in [4.69, 9.17) is 0 Å². The number of rotatable bonds is 4. The van der Waals surface area contributed by atoms with Gasteiger partial charge in [0.2, 0.25) is 11.8 Å². The van der Waals surface area contributed by atoms with Crippen molar-refractivity contribution in [2.75, 3.05) is 26.2 Å². The number of carbonyl (C=O) groups excluding carboxylic acids is 2. The number of piperidine rings is 1. The highest BCUT2D eigenvalue weighted by Crippen LogP contribution is 2.26. The van der Waals surface area contributed by atoms with Crippen molar-refractivity contribution >= 4 is 24.2 Å². The fourth-order valence-corrected chi connectivity index (χ4v) is 4.67. The number of hydrogen-bond donors (Lipinski definition) is 2. The van der Waals surface area contributed by atoms with Crippen LogP contribution in [0.1, 0.15) is 70.6 Å². The summed E-state index contributed by atoms with van der Waals surface area (Å²) in [6, 6.07) is -0.00347. The number of nitrogens with zero attached hydrogens (tertiary/aromatic N) is 1. The van der Waals surface area contributed by atoms with E-state index in [-0.39, 0.29) is 30.3 Å². The van der Waals surface area contributed by atoms with Gasteiger partial charge < -0.3 is 15.5 Å². The molecule has 3 rings (SSSR count). The van der Waals surface area contributed by atoms with Crippen LogP contribution in [-0.4, -0.2) is 48.9 Å². The molecular weight excluding hydrogens is 350 g/mol. The van der Waals surface area contributed by atoms with Crippen LogP contribution in [0.25, 0.3) is 0 Å². The van der Waals surface area contributed by atoms with E-state index in [0.717, 1.165) is 58.2 Å². The van der Waals surface area contributed by atoms with E-state index in [1.54, 1.807) is 0 Å². The first-order valence-corrected chi connectivity index (χ1v) is 10.5. The zero-order valence-electron chi connectivity index (χ0n) is 16.0. The van der Waals surface area contributed by atoms with Gasteiger partial charge >= 0.3 is 0 Å². The first-order chi connectivity index (χ1) is 12.2. The molecule has 1 saturated carbocycles. The summed E-state index contributed by atoms with van der Waals surface area (Å²) in [4.78, 5) is 27.2. The second-order valence-corrected chi connectivity index (χ2v) is 8.23. The Kier molecular flexibility index (Phi) is 9.20. The number of halogens is 1. The highest BCUT2D eigenvalue weighted by molar-refractivity contribution is 5.85. The quantitative estimate of drug-likeness (QED) is 0.782. The molecule has 0 bridgehead atoms. The van der Waals surface area contributed by atoms with Gasteiger partial charge in [-0.25, -0.2) is 0 Å². The van der Waals surface area contributed by atoms with Crippen molar-refractivity contribution in [3.63, 3.8) is 0 Å². The lowest BCUT2D eigenvalue weighted by atomic mass is 9.89. The first-order valence-electron chi connectivity index (χ1n) is 10.5. The van der Waals surface area contributed by atoms with Crippen LogP contribution < -0.4 is 10.6 Å². The van der Waals surface area contributed by atoms with Crippen LogP contribution in [0, 0.1) is 11.8 Å². The molecule has 2 aliphatic heterocycles. The van der Waals surface area contributed by atoms with Crippen molar-refractivity contribution in [2.45, 2.75) is 76.7 Å². The molecule has 0 aromatic carbocycles. The van der Waals surface area contributed by atoms with Gasteiger partial charge in [0, 0.05) is 25.6 Å². The molecule has 0 spiro atoms. The molecule has 26 heavy (non-hydrogen) atoms. The Morgan fingerprint density at radius 1 is 0.923 bits per heavy atom. The highest BCUT2D eigenvalue weighted by Gasteiger charge is 2.29. The van der Waals surface area contributed by atoms with Crippen molar-refractivity contribution in [3.8, 4) is 0 Å². The maximum absolute atomic E-state index is 12.9. The third-order valence-electron chi connectivity index (χ3n) is 6.23. The second-order valence-electron chi connectivity index (χ2n) is 8.23. The van der Waals surface area contributed by atoms with Crippen LogP contribution >= 0.6 is 12.4 Å². The first kappa shape index (κ1) is 21.5. The summed E-state index contributed by atoms with van der Waals surface area (Å²) in [6.07, 6.45) is 12.7. The van der Waals surface area contributed by atoms with E-state index in [1.165, 1.54) is 32.1 Å². The molecule has 2 heterocycles. The lowest BCUT2D eigenvalue weighted by Gasteiger charge is -2.35. The van der Waals surface area contributed by atoms with E-state index in [0.29, 0.717) is 18.4 Å². The van der Waals surface area contributed by atoms with Gasteiger partial charge in [-0.2, -0.15) is 0 Å². The molecule has 5 nitrogen and oxygen atoms in total. The standard InChI is InChI=1S/C20H35N3O2.ClH/c24-19(18-11-6-12-21-18)22-14-16-8-7-13-23(15-16)20(25)17-9-4-2-1-3-5-10-17;/h16-18,21H,1-15H2,(H,22,24);1H. The summed E-state index contributed by atoms with van der Waals surface area (Å²) in [7, 11) is 0. The molecule has 150 valence electrons. The third-order valence-corrected chi connectivity index (χ3v) is 6.23. The molecule has 0 radical (unpaired) electrons. The van der Waals surface area contributed by atoms with Crippen molar-refractivity contribution in [2.24, 2.45) is 11.8 Å². The van der Waals surface area contributed by atoms with Crippen LogP contribution in [0.3, 0.4) is 0 Å². The monoisotopic (exact) mass is 385 g/mol. The van der Waals surface area contributed by atoms with E-state index >= 15 is 0 Å². The molecule has 3 fully saturated rings. The Bertz CT molecular complexity index is 446. The summed E-state index contributed by atoms with van der Waals surface area (Å²) in [6.45, 7) is 3.40. The summed E-state index contributed by atoms with van der Waals surface area (Å²) in [5.74, 6) is 1.18. The SMILES string of the molecule is Cl.O=C(NCC1CCCN(C(=O)C2CCCCCCC2)C1)C1CCCN1. The van der Waals surface area contributed by atoms with Crippen molar-refractivity contribution in [1.29, 1.82) is 0 Å². The molecule has 2 saturated heterocycles. The molecule has 6 heteroatoms. The topological polar surface area (TPSA) is 61.4 Å². The third kappa shape index (κ3) is 6.12. The Balaban J connectivity index is 0.00000243. The second kappa shape index (κ2) is 11.1. The maximum Gasteiger partial charge on any atom is 0.237 e. The summed E-state index contributed by atoms with van der Waals surface area (Å²) in [5, 5.41) is 6.36. The largest absolute Gasteiger partial charge is 0.354 e. The Morgan fingerprint density at radius 2 is 1.65 bits per heavy atom. The van der Waals surface area contributed by atoms with Crippen LogP contribution in [0.5, 0.6) is 0 Å². The Morgan fingerprint density at radius 3 is 2.35 bits per heavy atom. The minimum atomic E-state index is -0.00347. The lowest BCUT2D eigenvalue weighted by Crippen LogP contribution is -2.48.